The van der Waals surface area contributed by atoms with Gasteiger partial charge in [-0.05, 0) is 38.5 Å². The minimum absolute atomic E-state index is 0.0168. The molecule has 3 unspecified atom stereocenters. The smallest absolute Gasteiger partial charge is 0.241 e. The van der Waals surface area contributed by atoms with Crippen LogP contribution in [0.2, 0.25) is 0 Å². The molecular formula is C14H26N2O2. The number of aliphatic hydroxyl groups is 1. The Bertz CT molecular complexity index is 300. The van der Waals surface area contributed by atoms with E-state index in [1.807, 2.05) is 4.90 Å². The molecule has 4 heteroatoms. The molecule has 2 rings (SSSR count). The fourth-order valence-corrected chi connectivity index (χ4v) is 3.24. The lowest BCUT2D eigenvalue weighted by Gasteiger charge is -2.35. The molecule has 2 aliphatic rings. The third-order valence-electron chi connectivity index (χ3n) is 4.63. The quantitative estimate of drug-likeness (QED) is 0.802. The Morgan fingerprint density at radius 2 is 2.00 bits per heavy atom. The molecule has 0 bridgehead atoms. The van der Waals surface area contributed by atoms with Crippen LogP contribution >= 0.6 is 0 Å². The maximum Gasteiger partial charge on any atom is 0.241 e. The fourth-order valence-electron chi connectivity index (χ4n) is 3.24. The molecule has 104 valence electrons. The molecule has 0 aromatic carbocycles. The average molecular weight is 254 g/mol. The Hall–Kier alpha value is -0.610. The summed E-state index contributed by atoms with van der Waals surface area (Å²) in [6.45, 7) is 6.34. The third kappa shape index (κ3) is 2.54. The summed E-state index contributed by atoms with van der Waals surface area (Å²) in [7, 11) is 0. The van der Waals surface area contributed by atoms with Crippen LogP contribution in [0.1, 0.15) is 52.9 Å². The van der Waals surface area contributed by atoms with Crippen molar-refractivity contribution in [1.82, 2.24) is 10.2 Å². The monoisotopic (exact) mass is 254 g/mol. The average Bonchev–Trinajstić information content (AvgIpc) is 2.65. The standard InChI is InChI=1S/C14H26N2O2/c1-4-9(2)13-14(18)16(10(3)15-13)11-5-7-12(17)8-6-11/h9-13,15,17H,4-8H2,1-3H3. The molecule has 2 fully saturated rings. The van der Waals surface area contributed by atoms with Crippen LogP contribution in [0.15, 0.2) is 0 Å². The van der Waals surface area contributed by atoms with Gasteiger partial charge in [-0.25, -0.2) is 0 Å². The van der Waals surface area contributed by atoms with E-state index in [9.17, 15) is 9.90 Å². The van der Waals surface area contributed by atoms with Crippen molar-refractivity contribution in [2.45, 2.75) is 77.2 Å². The van der Waals surface area contributed by atoms with E-state index in [-0.39, 0.29) is 24.2 Å². The number of hydrogen-bond acceptors (Lipinski definition) is 3. The van der Waals surface area contributed by atoms with E-state index in [1.165, 1.54) is 0 Å². The summed E-state index contributed by atoms with van der Waals surface area (Å²) < 4.78 is 0. The van der Waals surface area contributed by atoms with E-state index in [0.717, 1.165) is 32.1 Å². The first kappa shape index (κ1) is 13.8. The summed E-state index contributed by atoms with van der Waals surface area (Å²) in [5.41, 5.74) is 0. The van der Waals surface area contributed by atoms with Gasteiger partial charge in [-0.1, -0.05) is 20.3 Å². The summed E-state index contributed by atoms with van der Waals surface area (Å²) in [5, 5.41) is 13.0. The van der Waals surface area contributed by atoms with E-state index < -0.39 is 0 Å². The number of carbonyl (C=O) groups excluding carboxylic acids is 1. The van der Waals surface area contributed by atoms with E-state index >= 15 is 0 Å². The van der Waals surface area contributed by atoms with Crippen LogP contribution in [-0.4, -0.2) is 40.3 Å². The van der Waals surface area contributed by atoms with Crippen LogP contribution in [0.3, 0.4) is 0 Å². The van der Waals surface area contributed by atoms with E-state index in [0.29, 0.717) is 12.0 Å². The number of carbonyl (C=O) groups is 1. The maximum absolute atomic E-state index is 12.5. The maximum atomic E-state index is 12.5. The summed E-state index contributed by atoms with van der Waals surface area (Å²) in [6, 6.07) is 0.300. The molecule has 0 spiro atoms. The number of aliphatic hydroxyl groups excluding tert-OH is 1. The Morgan fingerprint density at radius 1 is 1.39 bits per heavy atom. The van der Waals surface area contributed by atoms with Gasteiger partial charge in [0.05, 0.1) is 18.3 Å². The Morgan fingerprint density at radius 3 is 2.56 bits per heavy atom. The molecule has 1 aliphatic carbocycles. The lowest BCUT2D eigenvalue weighted by atomic mass is 9.91. The lowest BCUT2D eigenvalue weighted by Crippen LogP contribution is -2.45. The zero-order valence-electron chi connectivity index (χ0n) is 11.7. The molecular weight excluding hydrogens is 228 g/mol. The van der Waals surface area contributed by atoms with Crippen molar-refractivity contribution >= 4 is 5.91 Å². The molecule has 3 atom stereocenters. The summed E-state index contributed by atoms with van der Waals surface area (Å²) in [5.74, 6) is 0.650. The summed E-state index contributed by atoms with van der Waals surface area (Å²) in [4.78, 5) is 14.5. The van der Waals surface area contributed by atoms with Gasteiger partial charge in [-0.15, -0.1) is 0 Å². The van der Waals surface area contributed by atoms with Gasteiger partial charge < -0.3 is 10.0 Å². The first-order chi connectivity index (χ1) is 8.54. The number of nitrogens with zero attached hydrogens (tertiary/aromatic N) is 1. The Balaban J connectivity index is 2.02. The van der Waals surface area contributed by atoms with Crippen molar-refractivity contribution in [2.24, 2.45) is 5.92 Å². The highest BCUT2D eigenvalue weighted by Crippen LogP contribution is 2.29. The highest BCUT2D eigenvalue weighted by Gasteiger charge is 2.42. The van der Waals surface area contributed by atoms with Gasteiger partial charge in [0, 0.05) is 6.04 Å². The van der Waals surface area contributed by atoms with Crippen LogP contribution in [-0.2, 0) is 4.79 Å². The Labute approximate surface area is 110 Å². The van der Waals surface area contributed by atoms with Crippen LogP contribution in [0.5, 0.6) is 0 Å². The number of nitrogens with one attached hydrogen (secondary N) is 1. The molecule has 1 aliphatic heterocycles. The van der Waals surface area contributed by atoms with Gasteiger partial charge in [0.25, 0.3) is 0 Å². The van der Waals surface area contributed by atoms with Crippen molar-refractivity contribution in [1.29, 1.82) is 0 Å². The van der Waals surface area contributed by atoms with Gasteiger partial charge in [-0.2, -0.15) is 0 Å². The first-order valence-electron chi connectivity index (χ1n) is 7.30. The van der Waals surface area contributed by atoms with Crippen LogP contribution < -0.4 is 5.32 Å². The van der Waals surface area contributed by atoms with Crippen LogP contribution in [0.25, 0.3) is 0 Å². The number of hydrogen-bond donors (Lipinski definition) is 2. The molecule has 4 nitrogen and oxygen atoms in total. The summed E-state index contributed by atoms with van der Waals surface area (Å²) >= 11 is 0. The molecule has 1 saturated carbocycles. The van der Waals surface area contributed by atoms with Gasteiger partial charge in [0.1, 0.15) is 0 Å². The van der Waals surface area contributed by atoms with Crippen LogP contribution in [0, 0.1) is 5.92 Å². The number of amides is 1. The first-order valence-corrected chi connectivity index (χ1v) is 7.30. The second kappa shape index (κ2) is 5.57. The van der Waals surface area contributed by atoms with Crippen molar-refractivity contribution in [2.75, 3.05) is 0 Å². The molecule has 0 aromatic rings. The molecule has 0 aromatic heterocycles. The topological polar surface area (TPSA) is 52.6 Å². The zero-order valence-corrected chi connectivity index (χ0v) is 11.7. The minimum Gasteiger partial charge on any atom is -0.393 e. The highest BCUT2D eigenvalue weighted by atomic mass is 16.3. The predicted octanol–water partition coefficient (Wildman–Crippen LogP) is 1.48. The van der Waals surface area contributed by atoms with Gasteiger partial charge in [0.2, 0.25) is 5.91 Å². The normalized spacial score (nSPS) is 39.1. The third-order valence-corrected chi connectivity index (χ3v) is 4.63. The second-order valence-corrected chi connectivity index (χ2v) is 5.91. The van der Waals surface area contributed by atoms with Crippen molar-refractivity contribution in [3.8, 4) is 0 Å². The highest BCUT2D eigenvalue weighted by molar-refractivity contribution is 5.84. The van der Waals surface area contributed by atoms with Crippen molar-refractivity contribution < 1.29 is 9.90 Å². The molecule has 18 heavy (non-hydrogen) atoms. The zero-order chi connectivity index (χ0) is 13.3. The largest absolute Gasteiger partial charge is 0.393 e. The predicted molar refractivity (Wildman–Crippen MR) is 70.9 cm³/mol. The molecule has 1 saturated heterocycles. The molecule has 2 N–H and O–H groups in total. The molecule has 1 amide bonds. The van der Waals surface area contributed by atoms with Gasteiger partial charge >= 0.3 is 0 Å². The fraction of sp³-hybridized carbons (Fsp3) is 0.929. The SMILES string of the molecule is CCC(C)C1NC(C)N(C2CCC(O)CC2)C1=O. The number of rotatable bonds is 3. The van der Waals surface area contributed by atoms with Crippen molar-refractivity contribution in [3.05, 3.63) is 0 Å². The second-order valence-electron chi connectivity index (χ2n) is 5.91. The van der Waals surface area contributed by atoms with E-state index in [4.69, 9.17) is 0 Å². The van der Waals surface area contributed by atoms with Gasteiger partial charge in [-0.3, -0.25) is 10.1 Å². The Kier molecular flexibility index (Phi) is 4.28. The molecule has 1 heterocycles. The van der Waals surface area contributed by atoms with Crippen LogP contribution in [0.4, 0.5) is 0 Å². The van der Waals surface area contributed by atoms with E-state index in [1.54, 1.807) is 0 Å². The minimum atomic E-state index is -0.160. The van der Waals surface area contributed by atoms with Crippen molar-refractivity contribution in [3.63, 3.8) is 0 Å². The molecule has 0 radical (unpaired) electrons. The van der Waals surface area contributed by atoms with E-state index in [2.05, 4.69) is 26.1 Å². The summed E-state index contributed by atoms with van der Waals surface area (Å²) in [6.07, 6.45) is 4.53. The van der Waals surface area contributed by atoms with Gasteiger partial charge in [0.15, 0.2) is 0 Å². The lowest BCUT2D eigenvalue weighted by molar-refractivity contribution is -0.134.